The van der Waals surface area contributed by atoms with Crippen LogP contribution in [0.4, 0.5) is 0 Å². The minimum Gasteiger partial charge on any atom is -0.369 e. The van der Waals surface area contributed by atoms with Gasteiger partial charge < -0.3 is 4.74 Å². The van der Waals surface area contributed by atoms with Gasteiger partial charge in [0.2, 0.25) is 0 Å². The molecule has 0 amide bonds. The van der Waals surface area contributed by atoms with Gasteiger partial charge in [-0.05, 0) is 33.6 Å². The first-order valence-electron chi connectivity index (χ1n) is 4.61. The van der Waals surface area contributed by atoms with E-state index < -0.39 is 0 Å². The standard InChI is InChI=1S/C11H18O/c1-9(2)5-4-6-10(3)7-11-8-12-11/h5,7,11H,4,6,8H2,1-3H3/b10-7+/t11-/m1/s1. The minimum atomic E-state index is 0.441. The van der Waals surface area contributed by atoms with E-state index in [0.717, 1.165) is 13.0 Å². The second kappa shape index (κ2) is 4.46. The molecule has 0 aromatic carbocycles. The van der Waals surface area contributed by atoms with Crippen molar-refractivity contribution >= 4 is 0 Å². The highest BCUT2D eigenvalue weighted by molar-refractivity contribution is 5.07. The predicted octanol–water partition coefficient (Wildman–Crippen LogP) is 3.08. The molecule has 0 aromatic rings. The maximum Gasteiger partial charge on any atom is 0.0993 e. The third kappa shape index (κ3) is 4.35. The Hall–Kier alpha value is -0.560. The average Bonchev–Trinajstić information content (AvgIpc) is 2.70. The van der Waals surface area contributed by atoms with Crippen LogP contribution < -0.4 is 0 Å². The maximum atomic E-state index is 5.11. The number of rotatable bonds is 4. The van der Waals surface area contributed by atoms with Crippen molar-refractivity contribution in [3.8, 4) is 0 Å². The lowest BCUT2D eigenvalue weighted by molar-refractivity contribution is 0.439. The summed E-state index contributed by atoms with van der Waals surface area (Å²) >= 11 is 0. The zero-order valence-corrected chi connectivity index (χ0v) is 8.26. The molecule has 0 bridgehead atoms. The Kier molecular flexibility index (Phi) is 3.54. The van der Waals surface area contributed by atoms with Crippen LogP contribution in [-0.4, -0.2) is 12.7 Å². The van der Waals surface area contributed by atoms with E-state index in [1.54, 1.807) is 0 Å². The number of ether oxygens (including phenoxy) is 1. The van der Waals surface area contributed by atoms with Gasteiger partial charge in [-0.15, -0.1) is 0 Å². The van der Waals surface area contributed by atoms with Crippen molar-refractivity contribution in [1.29, 1.82) is 0 Å². The maximum absolute atomic E-state index is 5.11. The molecule has 68 valence electrons. The molecule has 1 aliphatic rings. The van der Waals surface area contributed by atoms with E-state index in [2.05, 4.69) is 32.9 Å². The van der Waals surface area contributed by atoms with Crippen molar-refractivity contribution in [2.75, 3.05) is 6.61 Å². The van der Waals surface area contributed by atoms with Gasteiger partial charge in [0.1, 0.15) is 0 Å². The molecular formula is C11H18O. The predicted molar refractivity (Wildman–Crippen MR) is 52.2 cm³/mol. The summed E-state index contributed by atoms with van der Waals surface area (Å²) in [6, 6.07) is 0. The van der Waals surface area contributed by atoms with Crippen LogP contribution in [0.5, 0.6) is 0 Å². The van der Waals surface area contributed by atoms with Crippen LogP contribution in [-0.2, 0) is 4.74 Å². The van der Waals surface area contributed by atoms with Gasteiger partial charge in [0, 0.05) is 0 Å². The Bertz CT molecular complexity index is 193. The van der Waals surface area contributed by atoms with Crippen LogP contribution >= 0.6 is 0 Å². The van der Waals surface area contributed by atoms with Crippen molar-refractivity contribution in [1.82, 2.24) is 0 Å². The summed E-state index contributed by atoms with van der Waals surface area (Å²) in [7, 11) is 0. The van der Waals surface area contributed by atoms with Crippen LogP contribution in [0.3, 0.4) is 0 Å². The molecular weight excluding hydrogens is 148 g/mol. The van der Waals surface area contributed by atoms with Crippen molar-refractivity contribution in [2.24, 2.45) is 0 Å². The Morgan fingerprint density at radius 2 is 2.08 bits per heavy atom. The third-order valence-corrected chi connectivity index (χ3v) is 1.92. The first-order valence-corrected chi connectivity index (χ1v) is 4.61. The highest BCUT2D eigenvalue weighted by Gasteiger charge is 2.18. The zero-order chi connectivity index (χ0) is 8.97. The SMILES string of the molecule is CC(C)=CCC/C(C)=C/[C@@H]1CO1. The fraction of sp³-hybridized carbons (Fsp3) is 0.636. The second-order valence-corrected chi connectivity index (χ2v) is 3.70. The minimum absolute atomic E-state index is 0.441. The lowest BCUT2D eigenvalue weighted by Crippen LogP contribution is -1.82. The summed E-state index contributed by atoms with van der Waals surface area (Å²) in [5.74, 6) is 0. The molecule has 1 aliphatic heterocycles. The lowest BCUT2D eigenvalue weighted by Gasteiger charge is -1.96. The summed E-state index contributed by atoms with van der Waals surface area (Å²) < 4.78 is 5.11. The van der Waals surface area contributed by atoms with Crippen LogP contribution in [0.25, 0.3) is 0 Å². The Balaban J connectivity index is 2.17. The first-order chi connectivity index (χ1) is 5.68. The van der Waals surface area contributed by atoms with Crippen molar-refractivity contribution in [2.45, 2.75) is 39.7 Å². The van der Waals surface area contributed by atoms with Gasteiger partial charge in [-0.1, -0.05) is 23.3 Å². The summed E-state index contributed by atoms with van der Waals surface area (Å²) in [6.45, 7) is 7.40. The van der Waals surface area contributed by atoms with Gasteiger partial charge in [0.15, 0.2) is 0 Å². The van der Waals surface area contributed by atoms with E-state index in [9.17, 15) is 0 Å². The Labute approximate surface area is 75.1 Å². The second-order valence-electron chi connectivity index (χ2n) is 3.70. The smallest absolute Gasteiger partial charge is 0.0993 e. The van der Waals surface area contributed by atoms with Gasteiger partial charge in [0.05, 0.1) is 12.7 Å². The van der Waals surface area contributed by atoms with E-state index in [1.807, 2.05) is 0 Å². The molecule has 1 heteroatoms. The summed E-state index contributed by atoms with van der Waals surface area (Å²) in [5, 5.41) is 0. The van der Waals surface area contributed by atoms with Crippen LogP contribution in [0.1, 0.15) is 33.6 Å². The molecule has 1 fully saturated rings. The van der Waals surface area contributed by atoms with Gasteiger partial charge in [-0.25, -0.2) is 0 Å². The largest absolute Gasteiger partial charge is 0.369 e. The van der Waals surface area contributed by atoms with Crippen molar-refractivity contribution < 1.29 is 4.74 Å². The Morgan fingerprint density at radius 3 is 2.58 bits per heavy atom. The molecule has 0 aromatic heterocycles. The van der Waals surface area contributed by atoms with Crippen molar-refractivity contribution in [3.63, 3.8) is 0 Å². The first kappa shape index (κ1) is 9.53. The van der Waals surface area contributed by atoms with E-state index in [-0.39, 0.29) is 0 Å². The highest BCUT2D eigenvalue weighted by Crippen LogP contribution is 2.15. The quantitative estimate of drug-likeness (QED) is 0.462. The molecule has 0 radical (unpaired) electrons. The molecule has 1 heterocycles. The number of hydrogen-bond donors (Lipinski definition) is 0. The molecule has 1 atom stereocenters. The van der Waals surface area contributed by atoms with Gasteiger partial charge in [-0.2, -0.15) is 0 Å². The van der Waals surface area contributed by atoms with Gasteiger partial charge >= 0.3 is 0 Å². The van der Waals surface area contributed by atoms with E-state index in [1.165, 1.54) is 17.6 Å². The molecule has 0 unspecified atom stereocenters. The highest BCUT2D eigenvalue weighted by atomic mass is 16.6. The molecule has 1 saturated heterocycles. The zero-order valence-electron chi connectivity index (χ0n) is 8.26. The third-order valence-electron chi connectivity index (χ3n) is 1.92. The van der Waals surface area contributed by atoms with E-state index >= 15 is 0 Å². The van der Waals surface area contributed by atoms with Crippen LogP contribution in [0.15, 0.2) is 23.3 Å². The molecule has 0 N–H and O–H groups in total. The summed E-state index contributed by atoms with van der Waals surface area (Å²) in [5.41, 5.74) is 2.86. The number of hydrogen-bond acceptors (Lipinski definition) is 1. The molecule has 1 rings (SSSR count). The normalized spacial score (nSPS) is 22.2. The van der Waals surface area contributed by atoms with E-state index in [4.69, 9.17) is 4.74 Å². The summed E-state index contributed by atoms with van der Waals surface area (Å²) in [4.78, 5) is 0. The Morgan fingerprint density at radius 1 is 1.42 bits per heavy atom. The van der Waals surface area contributed by atoms with E-state index in [0.29, 0.717) is 6.10 Å². The molecule has 0 saturated carbocycles. The van der Waals surface area contributed by atoms with Crippen LogP contribution in [0, 0.1) is 0 Å². The lowest BCUT2D eigenvalue weighted by atomic mass is 10.1. The fourth-order valence-electron chi connectivity index (χ4n) is 1.14. The topological polar surface area (TPSA) is 12.5 Å². The average molecular weight is 166 g/mol. The number of epoxide rings is 1. The number of allylic oxidation sites excluding steroid dienone is 3. The molecule has 1 nitrogen and oxygen atoms in total. The summed E-state index contributed by atoms with van der Waals surface area (Å²) in [6.07, 6.45) is 7.29. The monoisotopic (exact) mass is 166 g/mol. The molecule has 0 aliphatic carbocycles. The van der Waals surface area contributed by atoms with Gasteiger partial charge in [-0.3, -0.25) is 0 Å². The van der Waals surface area contributed by atoms with Crippen LogP contribution in [0.2, 0.25) is 0 Å². The fourth-order valence-corrected chi connectivity index (χ4v) is 1.14. The molecule has 0 spiro atoms. The van der Waals surface area contributed by atoms with Crippen molar-refractivity contribution in [3.05, 3.63) is 23.3 Å². The van der Waals surface area contributed by atoms with Gasteiger partial charge in [0.25, 0.3) is 0 Å². The molecule has 12 heavy (non-hydrogen) atoms.